The summed E-state index contributed by atoms with van der Waals surface area (Å²) < 4.78 is 17.6. The van der Waals surface area contributed by atoms with Crippen LogP contribution in [0.3, 0.4) is 0 Å². The Bertz CT molecular complexity index is 245. The first-order valence-electron chi connectivity index (χ1n) is 4.59. The van der Waals surface area contributed by atoms with E-state index in [0.717, 1.165) is 12.2 Å². The van der Waals surface area contributed by atoms with Gasteiger partial charge in [0, 0.05) is 11.5 Å². The van der Waals surface area contributed by atoms with E-state index in [9.17, 15) is 4.57 Å². The molecule has 0 aromatic heterocycles. The minimum atomic E-state index is -2.62. The summed E-state index contributed by atoms with van der Waals surface area (Å²) in [5.41, 5.74) is 0. The van der Waals surface area contributed by atoms with Crippen molar-refractivity contribution >= 4 is 51.7 Å². The van der Waals surface area contributed by atoms with Crippen LogP contribution in [-0.2, 0) is 9.09 Å². The minimum Gasteiger partial charge on any atom is -0.314 e. The van der Waals surface area contributed by atoms with Gasteiger partial charge < -0.3 is 4.52 Å². The van der Waals surface area contributed by atoms with E-state index in [1.54, 1.807) is 6.08 Å². The fraction of sp³-hybridized carbons (Fsp3) is 0.750. The molecule has 90 valence electrons. The van der Waals surface area contributed by atoms with Gasteiger partial charge in [0.15, 0.2) is 0 Å². The van der Waals surface area contributed by atoms with Crippen LogP contribution in [0.15, 0.2) is 10.6 Å². The summed E-state index contributed by atoms with van der Waals surface area (Å²) in [5.74, 6) is -1.27. The molecule has 2 nitrogen and oxygen atoms in total. The van der Waals surface area contributed by atoms with Crippen molar-refractivity contribution in [2.24, 2.45) is 0 Å². The Balaban J connectivity index is 4.12. The van der Waals surface area contributed by atoms with Crippen LogP contribution in [0.5, 0.6) is 0 Å². The molecule has 0 saturated heterocycles. The Labute approximate surface area is 109 Å². The molecule has 0 fully saturated rings. The molecular formula is C8H15Cl2O2PS2. The van der Waals surface area contributed by atoms with Gasteiger partial charge in [-0.05, 0) is 19.4 Å². The predicted octanol–water partition coefficient (Wildman–Crippen LogP) is 5.33. The molecule has 0 aromatic rings. The highest BCUT2D eigenvalue weighted by Crippen LogP contribution is 2.69. The summed E-state index contributed by atoms with van der Waals surface area (Å²) in [5, 5.41) is 0. The van der Waals surface area contributed by atoms with E-state index in [4.69, 9.17) is 27.7 Å². The van der Waals surface area contributed by atoms with Crippen molar-refractivity contribution in [3.05, 3.63) is 10.6 Å². The molecule has 0 aliphatic heterocycles. The maximum absolute atomic E-state index is 12.1. The Hall–Kier alpha value is 1.21. The third-order valence-corrected chi connectivity index (χ3v) is 9.06. The van der Waals surface area contributed by atoms with E-state index >= 15 is 0 Å². The van der Waals surface area contributed by atoms with E-state index in [0.29, 0.717) is 12.4 Å². The third-order valence-electron chi connectivity index (χ3n) is 1.21. The van der Waals surface area contributed by atoms with Gasteiger partial charge in [0.1, 0.15) is 4.49 Å². The molecule has 0 saturated carbocycles. The van der Waals surface area contributed by atoms with Crippen LogP contribution in [0.1, 0.15) is 20.3 Å². The molecule has 1 unspecified atom stereocenters. The Morgan fingerprint density at radius 2 is 2.07 bits per heavy atom. The molecule has 0 radical (unpaired) electrons. The highest BCUT2D eigenvalue weighted by atomic mass is 35.5. The van der Waals surface area contributed by atoms with Gasteiger partial charge in [-0.3, -0.25) is 4.57 Å². The molecule has 7 heteroatoms. The smallest absolute Gasteiger partial charge is 0.313 e. The maximum atomic E-state index is 12.1. The average Bonchev–Trinajstić information content (AvgIpc) is 2.15. The van der Waals surface area contributed by atoms with Gasteiger partial charge in [-0.2, -0.15) is 0 Å². The van der Waals surface area contributed by atoms with Crippen molar-refractivity contribution in [3.63, 3.8) is 0 Å². The number of hydrogen-bond acceptors (Lipinski definition) is 4. The largest absolute Gasteiger partial charge is 0.314 e. The molecular weight excluding hydrogens is 294 g/mol. The van der Waals surface area contributed by atoms with Crippen LogP contribution in [0.4, 0.5) is 0 Å². The summed E-state index contributed by atoms with van der Waals surface area (Å²) in [4.78, 5) is 0. The Morgan fingerprint density at radius 1 is 1.40 bits per heavy atom. The minimum absolute atomic E-state index is 0.200. The highest BCUT2D eigenvalue weighted by molar-refractivity contribution is 8.89. The second-order valence-electron chi connectivity index (χ2n) is 2.49. The average molecular weight is 309 g/mol. The summed E-state index contributed by atoms with van der Waals surface area (Å²) in [6, 6.07) is 0. The van der Waals surface area contributed by atoms with Crippen LogP contribution < -0.4 is 0 Å². The third kappa shape index (κ3) is 8.96. The predicted molar refractivity (Wildman–Crippen MR) is 74.2 cm³/mol. The van der Waals surface area contributed by atoms with Gasteiger partial charge in [0.05, 0.1) is 6.61 Å². The van der Waals surface area contributed by atoms with Crippen LogP contribution in [0.25, 0.3) is 0 Å². The van der Waals surface area contributed by atoms with E-state index in [1.165, 1.54) is 22.8 Å². The van der Waals surface area contributed by atoms with E-state index < -0.39 is 5.77 Å². The lowest BCUT2D eigenvalue weighted by Crippen LogP contribution is -1.85. The lowest BCUT2D eigenvalue weighted by atomic mass is 10.6. The zero-order valence-electron chi connectivity index (χ0n) is 8.74. The first-order valence-corrected chi connectivity index (χ1v) is 10.1. The van der Waals surface area contributed by atoms with Crippen LogP contribution in [-0.4, -0.2) is 18.1 Å². The Morgan fingerprint density at radius 3 is 2.53 bits per heavy atom. The van der Waals surface area contributed by atoms with E-state index in [1.807, 2.05) is 13.8 Å². The summed E-state index contributed by atoms with van der Waals surface area (Å²) >= 11 is 13.6. The second kappa shape index (κ2) is 9.26. The van der Waals surface area contributed by atoms with Crippen LogP contribution in [0.2, 0.25) is 0 Å². The standard InChI is InChI=1S/C8H15Cl2O2PS2/c1-3-6-14-13(11,12-4-2)15-7-5-8(9)10/h5H,3-4,6-7H2,1-2H3. The maximum Gasteiger partial charge on any atom is 0.313 e. The van der Waals surface area contributed by atoms with Crippen molar-refractivity contribution in [2.75, 3.05) is 18.1 Å². The highest BCUT2D eigenvalue weighted by Gasteiger charge is 2.23. The quantitative estimate of drug-likeness (QED) is 0.566. The lowest BCUT2D eigenvalue weighted by Gasteiger charge is -2.14. The number of halogens is 2. The zero-order valence-corrected chi connectivity index (χ0v) is 12.8. The van der Waals surface area contributed by atoms with Crippen molar-refractivity contribution in [3.8, 4) is 0 Å². The molecule has 0 aliphatic carbocycles. The zero-order chi connectivity index (χ0) is 11.7. The fourth-order valence-electron chi connectivity index (χ4n) is 0.665. The second-order valence-corrected chi connectivity index (χ2v) is 11.0. The van der Waals surface area contributed by atoms with E-state index in [-0.39, 0.29) is 4.49 Å². The molecule has 0 aliphatic rings. The monoisotopic (exact) mass is 308 g/mol. The van der Waals surface area contributed by atoms with Gasteiger partial charge in [-0.25, -0.2) is 0 Å². The van der Waals surface area contributed by atoms with Gasteiger partial charge in [-0.1, -0.05) is 52.9 Å². The molecule has 15 heavy (non-hydrogen) atoms. The molecule has 0 rings (SSSR count). The van der Waals surface area contributed by atoms with Crippen molar-refractivity contribution in [1.82, 2.24) is 0 Å². The molecule has 0 heterocycles. The van der Waals surface area contributed by atoms with Gasteiger partial charge in [-0.15, -0.1) is 0 Å². The first kappa shape index (κ1) is 16.2. The van der Waals surface area contributed by atoms with Gasteiger partial charge in [0.2, 0.25) is 0 Å². The number of rotatable bonds is 8. The summed E-state index contributed by atoms with van der Waals surface area (Å²) in [6.45, 7) is 4.34. The number of hydrogen-bond donors (Lipinski definition) is 0. The lowest BCUT2D eigenvalue weighted by molar-refractivity contribution is 0.357. The van der Waals surface area contributed by atoms with Gasteiger partial charge in [0.25, 0.3) is 0 Å². The SMILES string of the molecule is CCCSP(=O)(OCC)SCC=C(Cl)Cl. The van der Waals surface area contributed by atoms with Crippen molar-refractivity contribution < 1.29 is 9.09 Å². The summed E-state index contributed by atoms with van der Waals surface area (Å²) in [6.07, 6.45) is 2.60. The summed E-state index contributed by atoms with van der Waals surface area (Å²) in [7, 11) is 0. The van der Waals surface area contributed by atoms with Gasteiger partial charge >= 0.3 is 5.77 Å². The molecule has 0 N–H and O–H groups in total. The molecule has 1 atom stereocenters. The van der Waals surface area contributed by atoms with Crippen LogP contribution >= 0.6 is 51.7 Å². The molecule has 0 spiro atoms. The molecule has 0 aromatic carbocycles. The van der Waals surface area contributed by atoms with E-state index in [2.05, 4.69) is 0 Å². The van der Waals surface area contributed by atoms with Crippen LogP contribution in [0, 0.1) is 0 Å². The normalized spacial score (nSPS) is 14.7. The van der Waals surface area contributed by atoms with Crippen molar-refractivity contribution in [2.45, 2.75) is 20.3 Å². The fourth-order valence-corrected chi connectivity index (χ4v) is 7.55. The Kier molecular flexibility index (Phi) is 10.0. The van der Waals surface area contributed by atoms with Crippen molar-refractivity contribution in [1.29, 1.82) is 0 Å². The first-order chi connectivity index (χ1) is 7.04. The topological polar surface area (TPSA) is 26.3 Å². The molecule has 0 bridgehead atoms. The molecule has 0 amide bonds.